The zero-order valence-corrected chi connectivity index (χ0v) is 11.2. The second kappa shape index (κ2) is 5.32. The van der Waals surface area contributed by atoms with Crippen molar-refractivity contribution in [1.29, 1.82) is 0 Å². The number of hydrogen-bond acceptors (Lipinski definition) is 4. The second-order valence-electron chi connectivity index (χ2n) is 4.73. The SMILES string of the molecule is O=c1[nH]c2ccc(CNc3ccc([N+](=O)[O-])cc3F)cc2[nH]1. The molecule has 0 radical (unpaired) electrons. The van der Waals surface area contributed by atoms with E-state index >= 15 is 0 Å². The van der Waals surface area contributed by atoms with Gasteiger partial charge in [-0.3, -0.25) is 10.1 Å². The summed E-state index contributed by atoms with van der Waals surface area (Å²) in [7, 11) is 0. The molecule has 0 amide bonds. The molecule has 0 saturated heterocycles. The van der Waals surface area contributed by atoms with Gasteiger partial charge in [0.1, 0.15) is 0 Å². The largest absolute Gasteiger partial charge is 0.379 e. The van der Waals surface area contributed by atoms with Crippen molar-refractivity contribution in [2.24, 2.45) is 0 Å². The van der Waals surface area contributed by atoms with Gasteiger partial charge in [0, 0.05) is 12.6 Å². The topological polar surface area (TPSA) is 104 Å². The molecule has 7 nitrogen and oxygen atoms in total. The maximum absolute atomic E-state index is 13.8. The summed E-state index contributed by atoms with van der Waals surface area (Å²) in [6.45, 7) is 0.317. The fourth-order valence-electron chi connectivity index (χ4n) is 2.15. The Morgan fingerprint density at radius 1 is 1.14 bits per heavy atom. The van der Waals surface area contributed by atoms with Gasteiger partial charge in [0.15, 0.2) is 5.82 Å². The molecule has 0 aliphatic heterocycles. The first-order valence-corrected chi connectivity index (χ1v) is 6.42. The summed E-state index contributed by atoms with van der Waals surface area (Å²) in [6.07, 6.45) is 0. The van der Waals surface area contributed by atoms with E-state index in [4.69, 9.17) is 0 Å². The Morgan fingerprint density at radius 3 is 2.64 bits per heavy atom. The van der Waals surface area contributed by atoms with E-state index in [1.54, 1.807) is 18.2 Å². The predicted molar refractivity (Wildman–Crippen MR) is 79.3 cm³/mol. The molecule has 0 bridgehead atoms. The summed E-state index contributed by atoms with van der Waals surface area (Å²) >= 11 is 0. The molecule has 0 atom stereocenters. The molecular weight excluding hydrogens is 291 g/mol. The number of nitro benzene ring substituents is 1. The Balaban J connectivity index is 1.78. The molecule has 0 saturated carbocycles. The number of anilines is 1. The van der Waals surface area contributed by atoms with E-state index in [1.165, 1.54) is 12.1 Å². The minimum atomic E-state index is -0.690. The predicted octanol–water partition coefficient (Wildman–Crippen LogP) is 2.52. The van der Waals surface area contributed by atoms with Gasteiger partial charge < -0.3 is 15.3 Å². The van der Waals surface area contributed by atoms with Crippen LogP contribution in [0.1, 0.15) is 5.56 Å². The lowest BCUT2D eigenvalue weighted by atomic mass is 10.2. The lowest BCUT2D eigenvalue weighted by molar-refractivity contribution is -0.385. The maximum Gasteiger partial charge on any atom is 0.323 e. The summed E-state index contributed by atoms with van der Waals surface area (Å²) in [5.41, 5.74) is 1.77. The molecule has 3 rings (SSSR count). The maximum atomic E-state index is 13.8. The van der Waals surface area contributed by atoms with Gasteiger partial charge in [-0.2, -0.15) is 0 Å². The van der Waals surface area contributed by atoms with E-state index in [-0.39, 0.29) is 17.1 Å². The minimum Gasteiger partial charge on any atom is -0.379 e. The molecule has 0 aliphatic carbocycles. The highest BCUT2D eigenvalue weighted by Crippen LogP contribution is 2.21. The Hall–Kier alpha value is -3.16. The van der Waals surface area contributed by atoms with Crippen LogP contribution >= 0.6 is 0 Å². The van der Waals surface area contributed by atoms with Crippen molar-refractivity contribution in [3.05, 3.63) is 68.4 Å². The molecule has 8 heteroatoms. The highest BCUT2D eigenvalue weighted by atomic mass is 19.1. The number of non-ortho nitro benzene ring substituents is 1. The number of hydrogen-bond donors (Lipinski definition) is 3. The van der Waals surface area contributed by atoms with Crippen LogP contribution in [0.3, 0.4) is 0 Å². The van der Waals surface area contributed by atoms with Crippen LogP contribution in [-0.2, 0) is 6.54 Å². The Labute approximate surface area is 122 Å². The normalized spacial score (nSPS) is 10.8. The molecule has 3 aromatic rings. The molecule has 0 aliphatic rings. The Morgan fingerprint density at radius 2 is 1.91 bits per heavy atom. The third-order valence-corrected chi connectivity index (χ3v) is 3.23. The van der Waals surface area contributed by atoms with E-state index < -0.39 is 10.7 Å². The zero-order valence-electron chi connectivity index (χ0n) is 11.2. The number of imidazole rings is 1. The van der Waals surface area contributed by atoms with Crippen molar-refractivity contribution in [3.63, 3.8) is 0 Å². The lowest BCUT2D eigenvalue weighted by Gasteiger charge is -2.07. The molecule has 1 aromatic heterocycles. The first kappa shape index (κ1) is 13.8. The zero-order chi connectivity index (χ0) is 15.7. The Bertz CT molecular complexity index is 916. The number of halogens is 1. The number of nitro groups is 1. The van der Waals surface area contributed by atoms with Crippen LogP contribution in [0.25, 0.3) is 11.0 Å². The number of aromatic amines is 2. The average Bonchev–Trinajstić information content (AvgIpc) is 2.85. The van der Waals surface area contributed by atoms with E-state index in [0.717, 1.165) is 11.6 Å². The minimum absolute atomic E-state index is 0.174. The molecular formula is C14H11FN4O3. The first-order valence-electron chi connectivity index (χ1n) is 6.42. The monoisotopic (exact) mass is 302 g/mol. The molecule has 0 unspecified atom stereocenters. The molecule has 2 aromatic carbocycles. The summed E-state index contributed by atoms with van der Waals surface area (Å²) in [5, 5.41) is 13.4. The molecule has 112 valence electrons. The Kier molecular flexibility index (Phi) is 3.34. The second-order valence-corrected chi connectivity index (χ2v) is 4.73. The van der Waals surface area contributed by atoms with Gasteiger partial charge in [0.2, 0.25) is 0 Å². The van der Waals surface area contributed by atoms with Gasteiger partial charge in [-0.1, -0.05) is 6.07 Å². The molecule has 22 heavy (non-hydrogen) atoms. The van der Waals surface area contributed by atoms with Crippen molar-refractivity contribution in [2.45, 2.75) is 6.54 Å². The van der Waals surface area contributed by atoms with Crippen molar-refractivity contribution in [2.75, 3.05) is 5.32 Å². The van der Waals surface area contributed by atoms with Crippen LogP contribution in [0.2, 0.25) is 0 Å². The third-order valence-electron chi connectivity index (χ3n) is 3.23. The number of benzene rings is 2. The van der Waals surface area contributed by atoms with Crippen LogP contribution in [0, 0.1) is 15.9 Å². The first-order chi connectivity index (χ1) is 10.5. The number of nitrogens with one attached hydrogen (secondary N) is 3. The highest BCUT2D eigenvalue weighted by Gasteiger charge is 2.10. The smallest absolute Gasteiger partial charge is 0.323 e. The van der Waals surface area contributed by atoms with Gasteiger partial charge in [0.25, 0.3) is 5.69 Å². The molecule has 3 N–H and O–H groups in total. The van der Waals surface area contributed by atoms with E-state index in [1.807, 2.05) is 0 Å². The van der Waals surface area contributed by atoms with E-state index in [2.05, 4.69) is 15.3 Å². The third kappa shape index (κ3) is 2.66. The van der Waals surface area contributed by atoms with Gasteiger partial charge in [-0.15, -0.1) is 0 Å². The lowest BCUT2D eigenvalue weighted by Crippen LogP contribution is -2.02. The number of fused-ring (bicyclic) bond motifs is 1. The molecule has 0 spiro atoms. The van der Waals surface area contributed by atoms with Crippen LogP contribution in [0.15, 0.2) is 41.2 Å². The average molecular weight is 302 g/mol. The number of rotatable bonds is 4. The van der Waals surface area contributed by atoms with Crippen LogP contribution in [0.5, 0.6) is 0 Å². The van der Waals surface area contributed by atoms with Gasteiger partial charge >= 0.3 is 5.69 Å². The van der Waals surface area contributed by atoms with E-state index in [0.29, 0.717) is 17.6 Å². The number of H-pyrrole nitrogens is 2. The van der Waals surface area contributed by atoms with Crippen LogP contribution in [-0.4, -0.2) is 14.9 Å². The van der Waals surface area contributed by atoms with E-state index in [9.17, 15) is 19.3 Å². The molecule has 1 heterocycles. The quantitative estimate of drug-likeness (QED) is 0.509. The summed E-state index contributed by atoms with van der Waals surface area (Å²) in [4.78, 5) is 26.4. The summed E-state index contributed by atoms with van der Waals surface area (Å²) < 4.78 is 13.8. The van der Waals surface area contributed by atoms with Crippen molar-refractivity contribution in [3.8, 4) is 0 Å². The summed E-state index contributed by atoms with van der Waals surface area (Å²) in [5.74, 6) is -0.690. The van der Waals surface area contributed by atoms with Crippen molar-refractivity contribution < 1.29 is 9.31 Å². The van der Waals surface area contributed by atoms with Crippen molar-refractivity contribution in [1.82, 2.24) is 9.97 Å². The summed E-state index contributed by atoms with van der Waals surface area (Å²) in [6, 6.07) is 8.74. The number of aromatic nitrogens is 2. The van der Waals surface area contributed by atoms with Crippen LogP contribution in [0.4, 0.5) is 15.8 Å². The number of nitrogens with zero attached hydrogens (tertiary/aromatic N) is 1. The fraction of sp³-hybridized carbons (Fsp3) is 0.0714. The molecule has 0 fully saturated rings. The van der Waals surface area contributed by atoms with Gasteiger partial charge in [0.05, 0.1) is 27.7 Å². The van der Waals surface area contributed by atoms with Crippen LogP contribution < -0.4 is 11.0 Å². The fourth-order valence-corrected chi connectivity index (χ4v) is 2.15. The standard InChI is InChI=1S/C14H11FN4O3/c15-10-6-9(19(21)22)2-4-11(10)16-7-8-1-3-12-13(5-8)18-14(20)17-12/h1-6,16H,7H2,(H2,17,18,20). The van der Waals surface area contributed by atoms with Crippen molar-refractivity contribution >= 4 is 22.4 Å². The highest BCUT2D eigenvalue weighted by molar-refractivity contribution is 5.75. The van der Waals surface area contributed by atoms with Gasteiger partial charge in [-0.05, 0) is 23.8 Å². The van der Waals surface area contributed by atoms with Gasteiger partial charge in [-0.25, -0.2) is 9.18 Å².